The van der Waals surface area contributed by atoms with Crippen LogP contribution in [0.15, 0.2) is 60.9 Å². The van der Waals surface area contributed by atoms with E-state index in [-0.39, 0.29) is 0 Å². The lowest BCUT2D eigenvalue weighted by molar-refractivity contribution is -0.642. The van der Waals surface area contributed by atoms with Gasteiger partial charge in [-0.25, -0.2) is 0 Å². The first-order chi connectivity index (χ1) is 6.45. The summed E-state index contributed by atoms with van der Waals surface area (Å²) in [7, 11) is 0. The minimum absolute atomic E-state index is 1.08. The van der Waals surface area contributed by atoms with Gasteiger partial charge < -0.3 is 0 Å². The Morgan fingerprint density at radius 3 is 2.08 bits per heavy atom. The zero-order valence-electron chi connectivity index (χ0n) is 7.22. The van der Waals surface area contributed by atoms with Crippen LogP contribution in [0.3, 0.4) is 0 Å². The first-order valence-electron chi connectivity index (χ1n) is 4.23. The summed E-state index contributed by atoms with van der Waals surface area (Å²) in [6.45, 7) is 0. The third-order valence-corrected chi connectivity index (χ3v) is 1.75. The van der Waals surface area contributed by atoms with Gasteiger partial charge >= 0.3 is 0 Å². The molecule has 0 fully saturated rings. The highest BCUT2D eigenvalue weighted by Crippen LogP contribution is 2.01. The maximum atomic E-state index is 3.22. The molecule has 2 heteroatoms. The fourth-order valence-electron chi connectivity index (χ4n) is 1.13. The van der Waals surface area contributed by atoms with Gasteiger partial charge in [-0.15, -0.1) is 0 Å². The van der Waals surface area contributed by atoms with Crippen LogP contribution in [-0.2, 0) is 0 Å². The Hall–Kier alpha value is -1.83. The van der Waals surface area contributed by atoms with E-state index in [1.165, 1.54) is 0 Å². The van der Waals surface area contributed by atoms with Crippen molar-refractivity contribution in [2.75, 3.05) is 5.43 Å². The molecule has 2 aromatic rings. The quantitative estimate of drug-likeness (QED) is 0.682. The minimum atomic E-state index is 1.08. The Morgan fingerprint density at radius 2 is 1.38 bits per heavy atom. The van der Waals surface area contributed by atoms with Crippen LogP contribution in [0.4, 0.5) is 5.69 Å². The molecule has 0 aliphatic carbocycles. The number of hydrogen-bond donors (Lipinski definition) is 1. The van der Waals surface area contributed by atoms with Gasteiger partial charge in [0.15, 0.2) is 12.4 Å². The van der Waals surface area contributed by atoms with Gasteiger partial charge in [0.05, 0.1) is 5.69 Å². The van der Waals surface area contributed by atoms with Crippen molar-refractivity contribution >= 4 is 5.69 Å². The molecule has 0 saturated heterocycles. The van der Waals surface area contributed by atoms with E-state index in [0.717, 1.165) is 5.69 Å². The second-order valence-electron chi connectivity index (χ2n) is 2.76. The number of rotatable bonds is 2. The fourth-order valence-corrected chi connectivity index (χ4v) is 1.13. The molecule has 0 aliphatic rings. The summed E-state index contributed by atoms with van der Waals surface area (Å²) in [5.41, 5.74) is 4.30. The molecule has 1 heterocycles. The van der Waals surface area contributed by atoms with E-state index in [0.29, 0.717) is 0 Å². The van der Waals surface area contributed by atoms with E-state index in [9.17, 15) is 0 Å². The molecule has 0 aliphatic heterocycles. The number of para-hydroxylation sites is 1. The molecule has 1 N–H and O–H groups in total. The lowest BCUT2D eigenvalue weighted by Gasteiger charge is -1.97. The van der Waals surface area contributed by atoms with Crippen LogP contribution in [-0.4, -0.2) is 0 Å². The Morgan fingerprint density at radius 1 is 0.769 bits per heavy atom. The molecule has 0 spiro atoms. The van der Waals surface area contributed by atoms with Crippen LogP contribution >= 0.6 is 0 Å². The fraction of sp³-hybridized carbons (Fsp3) is 0. The number of nitrogens with one attached hydrogen (secondary N) is 1. The molecular formula is C11H11N2+. The smallest absolute Gasteiger partial charge is 0.161 e. The maximum Gasteiger partial charge on any atom is 0.199 e. The van der Waals surface area contributed by atoms with Crippen molar-refractivity contribution in [2.24, 2.45) is 0 Å². The lowest BCUT2D eigenvalue weighted by Crippen LogP contribution is -2.40. The van der Waals surface area contributed by atoms with Crippen molar-refractivity contribution in [1.82, 2.24) is 0 Å². The standard InChI is InChI=1S/C11H11N2/c1-3-7-11(8-4-1)12-13-9-5-2-6-10-13/h1-10,12H/q+1. The highest BCUT2D eigenvalue weighted by molar-refractivity contribution is 5.39. The number of hydrogen-bond acceptors (Lipinski definition) is 1. The van der Waals surface area contributed by atoms with Crippen LogP contribution in [0.1, 0.15) is 0 Å². The third kappa shape index (κ3) is 2.06. The van der Waals surface area contributed by atoms with Crippen molar-refractivity contribution in [3.8, 4) is 0 Å². The summed E-state index contributed by atoms with van der Waals surface area (Å²) in [4.78, 5) is 0. The molecule has 0 amide bonds. The van der Waals surface area contributed by atoms with Gasteiger partial charge in [-0.3, -0.25) is 0 Å². The zero-order chi connectivity index (χ0) is 8.93. The van der Waals surface area contributed by atoms with Gasteiger partial charge in [0, 0.05) is 12.1 Å². The van der Waals surface area contributed by atoms with Gasteiger partial charge in [-0.1, -0.05) is 28.9 Å². The van der Waals surface area contributed by atoms with Crippen molar-refractivity contribution < 1.29 is 4.68 Å². The zero-order valence-corrected chi connectivity index (χ0v) is 7.22. The van der Waals surface area contributed by atoms with E-state index >= 15 is 0 Å². The summed E-state index contributed by atoms with van der Waals surface area (Å²) in [5.74, 6) is 0. The minimum Gasteiger partial charge on any atom is -0.161 e. The first kappa shape index (κ1) is 7.80. The summed E-state index contributed by atoms with van der Waals surface area (Å²) >= 11 is 0. The maximum absolute atomic E-state index is 3.22. The molecule has 0 bridgehead atoms. The summed E-state index contributed by atoms with van der Waals surface area (Å²) in [6, 6.07) is 16.0. The van der Waals surface area contributed by atoms with Gasteiger partial charge in [0.2, 0.25) is 0 Å². The second-order valence-corrected chi connectivity index (χ2v) is 2.76. The second kappa shape index (κ2) is 3.72. The van der Waals surface area contributed by atoms with Crippen LogP contribution in [0.25, 0.3) is 0 Å². The number of anilines is 1. The normalized spacial score (nSPS) is 9.54. The molecule has 64 valence electrons. The Balaban J connectivity index is 2.16. The molecule has 2 nitrogen and oxygen atoms in total. The number of benzene rings is 1. The van der Waals surface area contributed by atoms with Crippen molar-refractivity contribution in [2.45, 2.75) is 0 Å². The van der Waals surface area contributed by atoms with E-state index in [1.807, 2.05) is 65.6 Å². The van der Waals surface area contributed by atoms with Crippen LogP contribution in [0.5, 0.6) is 0 Å². The van der Waals surface area contributed by atoms with E-state index in [4.69, 9.17) is 0 Å². The summed E-state index contributed by atoms with van der Waals surface area (Å²) in [5, 5.41) is 0. The first-order valence-corrected chi connectivity index (χ1v) is 4.23. The summed E-state index contributed by atoms with van der Waals surface area (Å²) in [6.07, 6.45) is 3.93. The molecule has 0 saturated carbocycles. The van der Waals surface area contributed by atoms with Gasteiger partial charge in [0.1, 0.15) is 0 Å². The van der Waals surface area contributed by atoms with Gasteiger partial charge in [0.25, 0.3) is 0 Å². The lowest BCUT2D eigenvalue weighted by atomic mass is 10.3. The van der Waals surface area contributed by atoms with Crippen molar-refractivity contribution in [1.29, 1.82) is 0 Å². The Labute approximate surface area is 77.4 Å². The average molecular weight is 171 g/mol. The predicted octanol–water partition coefficient (Wildman–Crippen LogP) is 1.85. The SMILES string of the molecule is c1ccc(N[n+]2ccccc2)cc1. The highest BCUT2D eigenvalue weighted by Gasteiger charge is 1.96. The number of aromatic nitrogens is 1. The monoisotopic (exact) mass is 171 g/mol. The van der Waals surface area contributed by atoms with E-state index in [1.54, 1.807) is 0 Å². The number of nitrogens with zero attached hydrogens (tertiary/aromatic N) is 1. The topological polar surface area (TPSA) is 15.9 Å². The van der Waals surface area contributed by atoms with Gasteiger partial charge in [-0.05, 0) is 12.1 Å². The third-order valence-electron chi connectivity index (χ3n) is 1.75. The number of pyridine rings is 1. The molecule has 13 heavy (non-hydrogen) atoms. The highest BCUT2D eigenvalue weighted by atomic mass is 15.4. The van der Waals surface area contributed by atoms with Crippen LogP contribution in [0, 0.1) is 0 Å². The Kier molecular flexibility index (Phi) is 2.23. The van der Waals surface area contributed by atoms with E-state index in [2.05, 4.69) is 5.43 Å². The Bertz CT molecular complexity index is 319. The van der Waals surface area contributed by atoms with Crippen molar-refractivity contribution in [3.63, 3.8) is 0 Å². The molecule has 1 aromatic heterocycles. The molecule has 0 unspecified atom stereocenters. The van der Waals surface area contributed by atoms with Crippen LogP contribution in [0.2, 0.25) is 0 Å². The van der Waals surface area contributed by atoms with E-state index < -0.39 is 0 Å². The van der Waals surface area contributed by atoms with Gasteiger partial charge in [-0.2, -0.15) is 5.43 Å². The van der Waals surface area contributed by atoms with Crippen LogP contribution < -0.4 is 10.1 Å². The molecule has 2 rings (SSSR count). The summed E-state index contributed by atoms with van der Waals surface area (Å²) < 4.78 is 1.91. The molecule has 0 radical (unpaired) electrons. The average Bonchev–Trinajstić information content (AvgIpc) is 2.21. The molecule has 1 aromatic carbocycles. The molecular weight excluding hydrogens is 160 g/mol. The predicted molar refractivity (Wildman–Crippen MR) is 52.1 cm³/mol. The largest absolute Gasteiger partial charge is 0.199 e. The molecule has 0 atom stereocenters. The van der Waals surface area contributed by atoms with Crippen molar-refractivity contribution in [3.05, 3.63) is 60.9 Å².